The van der Waals surface area contributed by atoms with Crippen LogP contribution >= 0.6 is 0 Å². The highest BCUT2D eigenvalue weighted by Gasteiger charge is 2.38. The second-order valence-electron chi connectivity index (χ2n) is 9.30. The highest BCUT2D eigenvalue weighted by atomic mass is 32.2. The van der Waals surface area contributed by atoms with Gasteiger partial charge in [0.2, 0.25) is 10.0 Å². The maximum Gasteiger partial charge on any atom is 0.490 e. The number of halogens is 3. The molecule has 0 fully saturated rings. The Bertz CT molecular complexity index is 1440. The largest absolute Gasteiger partial charge is 0.491 e. The average Bonchev–Trinajstić information content (AvgIpc) is 2.94. The molecule has 0 radical (unpaired) electrons. The van der Waals surface area contributed by atoms with Crippen LogP contribution in [-0.4, -0.2) is 80.1 Å². The fraction of sp³-hybridized carbons (Fsp3) is 0.286. The van der Waals surface area contributed by atoms with Gasteiger partial charge in [-0.2, -0.15) is 13.2 Å². The van der Waals surface area contributed by atoms with Crippen molar-refractivity contribution in [1.82, 2.24) is 5.32 Å². The number of carbonyl (C=O) groups is 2. The van der Waals surface area contributed by atoms with Gasteiger partial charge in [0.05, 0.1) is 18.6 Å². The van der Waals surface area contributed by atoms with Gasteiger partial charge in [-0.15, -0.1) is 0 Å². The normalized spacial score (nSPS) is 12.6. The number of hydrogen-bond acceptors (Lipinski definition) is 8. The van der Waals surface area contributed by atoms with E-state index < -0.39 is 34.3 Å². The van der Waals surface area contributed by atoms with Gasteiger partial charge in [-0.1, -0.05) is 36.4 Å². The van der Waals surface area contributed by atoms with Crippen LogP contribution in [-0.2, 0) is 21.2 Å². The standard InChI is InChI=1S/C26H32N4O6S.C2HF3O2/c1-37(34,35)30-22-7-5-6-21(15-22)29-26(33)28-20-12-10-19(11-13-20)14-23(17-31)27-16-24(32)18-36-25-8-3-2-4-9-25;3-2(4,5)1(6)7/h2-13,15,23-24,27,30-32H,14,16-18H2,1H3,(H2,28,29,33);(H,6,7)/t23-,24-;/m0./s1. The zero-order chi connectivity index (χ0) is 32.8. The van der Waals surface area contributed by atoms with Gasteiger partial charge >= 0.3 is 18.2 Å². The summed E-state index contributed by atoms with van der Waals surface area (Å²) in [5.74, 6) is -2.08. The van der Waals surface area contributed by atoms with Crippen LogP contribution in [0.4, 0.5) is 35.0 Å². The summed E-state index contributed by atoms with van der Waals surface area (Å²) >= 11 is 0. The van der Waals surface area contributed by atoms with Gasteiger partial charge in [-0.25, -0.2) is 18.0 Å². The maximum absolute atomic E-state index is 12.3. The molecule has 0 spiro atoms. The summed E-state index contributed by atoms with van der Waals surface area (Å²) < 4.78 is 62.4. The summed E-state index contributed by atoms with van der Waals surface area (Å²) in [4.78, 5) is 21.2. The molecule has 3 aromatic rings. The summed E-state index contributed by atoms with van der Waals surface area (Å²) in [5, 5.41) is 35.5. The van der Waals surface area contributed by atoms with Crippen molar-refractivity contribution < 1.29 is 51.2 Å². The second-order valence-corrected chi connectivity index (χ2v) is 11.1. The summed E-state index contributed by atoms with van der Waals surface area (Å²) in [6.45, 7) is 0.288. The second kappa shape index (κ2) is 17.0. The smallest absolute Gasteiger partial charge is 0.490 e. The van der Waals surface area contributed by atoms with E-state index in [2.05, 4.69) is 20.7 Å². The molecule has 16 heteroatoms. The quantitative estimate of drug-likeness (QED) is 0.147. The lowest BCUT2D eigenvalue weighted by molar-refractivity contribution is -0.192. The van der Waals surface area contributed by atoms with Crippen molar-refractivity contribution in [2.75, 3.05) is 41.4 Å². The van der Waals surface area contributed by atoms with Gasteiger partial charge < -0.3 is 36.0 Å². The Labute approximate surface area is 251 Å². The van der Waals surface area contributed by atoms with E-state index in [0.29, 0.717) is 29.2 Å². The van der Waals surface area contributed by atoms with Crippen LogP contribution in [0, 0.1) is 0 Å². The van der Waals surface area contributed by atoms with Crippen LogP contribution in [0.1, 0.15) is 5.56 Å². The topological polar surface area (TPSA) is 186 Å². The van der Waals surface area contributed by atoms with Crippen LogP contribution in [0.25, 0.3) is 0 Å². The van der Waals surface area contributed by atoms with Crippen LogP contribution < -0.4 is 25.4 Å². The number of para-hydroxylation sites is 1. The summed E-state index contributed by atoms with van der Waals surface area (Å²) in [5.41, 5.74) is 2.27. The summed E-state index contributed by atoms with van der Waals surface area (Å²) in [6, 6.07) is 22.0. The molecule has 44 heavy (non-hydrogen) atoms. The number of carboxylic acid groups (broad SMARTS) is 1. The summed E-state index contributed by atoms with van der Waals surface area (Å²) in [6.07, 6.45) is -4.24. The Morgan fingerprint density at radius 1 is 0.909 bits per heavy atom. The number of aliphatic hydroxyl groups excluding tert-OH is 2. The van der Waals surface area contributed by atoms with Gasteiger partial charge in [-0.05, 0) is 54.4 Å². The number of nitrogens with one attached hydrogen (secondary N) is 4. The number of benzene rings is 3. The van der Waals surface area contributed by atoms with Gasteiger partial charge in [0.15, 0.2) is 0 Å². The fourth-order valence-electron chi connectivity index (χ4n) is 3.45. The molecule has 240 valence electrons. The Morgan fingerprint density at radius 3 is 2.07 bits per heavy atom. The van der Waals surface area contributed by atoms with E-state index in [0.717, 1.165) is 11.8 Å². The predicted molar refractivity (Wildman–Crippen MR) is 158 cm³/mol. The molecule has 0 heterocycles. The minimum Gasteiger partial charge on any atom is -0.491 e. The van der Waals surface area contributed by atoms with Crippen molar-refractivity contribution in [2.45, 2.75) is 24.7 Å². The van der Waals surface area contributed by atoms with Crippen LogP contribution in [0.5, 0.6) is 5.75 Å². The van der Waals surface area contributed by atoms with Crippen LogP contribution in [0.2, 0.25) is 0 Å². The lowest BCUT2D eigenvalue weighted by atomic mass is 10.1. The van der Waals surface area contributed by atoms with Crippen molar-refractivity contribution in [1.29, 1.82) is 0 Å². The number of sulfonamides is 1. The third-order valence-electron chi connectivity index (χ3n) is 5.41. The third kappa shape index (κ3) is 14.7. The first-order chi connectivity index (χ1) is 20.6. The van der Waals surface area contributed by atoms with Gasteiger partial charge in [-0.3, -0.25) is 4.72 Å². The Balaban J connectivity index is 0.000000860. The highest BCUT2D eigenvalue weighted by molar-refractivity contribution is 7.92. The molecular weight excluding hydrogens is 609 g/mol. The molecule has 2 atom stereocenters. The molecule has 12 nitrogen and oxygen atoms in total. The zero-order valence-corrected chi connectivity index (χ0v) is 24.2. The van der Waals surface area contributed by atoms with E-state index in [9.17, 15) is 36.6 Å². The molecule has 2 amide bonds. The minimum atomic E-state index is -5.08. The number of alkyl halides is 3. The molecular formula is C28H33F3N4O8S. The number of anilines is 3. The van der Waals surface area contributed by atoms with Gasteiger partial charge in [0, 0.05) is 24.0 Å². The fourth-order valence-corrected chi connectivity index (χ4v) is 4.00. The van der Waals surface area contributed by atoms with E-state index in [-0.39, 0.29) is 25.8 Å². The first-order valence-electron chi connectivity index (χ1n) is 12.9. The Hall–Kier alpha value is -4.38. The SMILES string of the molecule is CS(=O)(=O)Nc1cccc(NC(=O)Nc2ccc(C[C@@H](CO)NC[C@H](O)COc3ccccc3)cc2)c1.O=C(O)C(F)(F)F. The molecule has 7 N–H and O–H groups in total. The van der Waals surface area contributed by atoms with Crippen molar-refractivity contribution in [2.24, 2.45) is 0 Å². The molecule has 0 bridgehead atoms. The van der Waals surface area contributed by atoms with Crippen molar-refractivity contribution in [3.63, 3.8) is 0 Å². The Morgan fingerprint density at radius 2 is 1.50 bits per heavy atom. The number of urea groups is 1. The number of rotatable bonds is 13. The first-order valence-corrected chi connectivity index (χ1v) is 14.8. The van der Waals surface area contributed by atoms with Crippen molar-refractivity contribution in [3.8, 4) is 5.75 Å². The molecule has 3 aromatic carbocycles. The highest BCUT2D eigenvalue weighted by Crippen LogP contribution is 2.17. The molecule has 0 aliphatic carbocycles. The average molecular weight is 643 g/mol. The van der Waals surface area contributed by atoms with Crippen molar-refractivity contribution >= 4 is 39.1 Å². The van der Waals surface area contributed by atoms with E-state index in [4.69, 9.17) is 14.6 Å². The van der Waals surface area contributed by atoms with Gasteiger partial charge in [0.25, 0.3) is 0 Å². The molecule has 0 aromatic heterocycles. The monoisotopic (exact) mass is 642 g/mol. The van der Waals surface area contributed by atoms with Gasteiger partial charge in [0.1, 0.15) is 18.5 Å². The number of hydrogen-bond donors (Lipinski definition) is 7. The van der Waals surface area contributed by atoms with Crippen molar-refractivity contribution in [3.05, 3.63) is 84.4 Å². The lowest BCUT2D eigenvalue weighted by Crippen LogP contribution is -2.41. The zero-order valence-electron chi connectivity index (χ0n) is 23.4. The molecule has 0 aliphatic rings. The molecule has 0 saturated heterocycles. The first kappa shape index (κ1) is 35.8. The number of carbonyl (C=O) groups excluding carboxylic acids is 1. The van der Waals surface area contributed by atoms with E-state index >= 15 is 0 Å². The van der Waals surface area contributed by atoms with E-state index in [1.165, 1.54) is 6.07 Å². The van der Waals surface area contributed by atoms with Crippen LogP contribution in [0.15, 0.2) is 78.9 Å². The Kier molecular flexibility index (Phi) is 13.9. The van der Waals surface area contributed by atoms with Crippen LogP contribution in [0.3, 0.4) is 0 Å². The number of carboxylic acids is 1. The predicted octanol–water partition coefficient (Wildman–Crippen LogP) is 3.27. The summed E-state index contributed by atoms with van der Waals surface area (Å²) in [7, 11) is -3.42. The number of aliphatic carboxylic acids is 1. The van der Waals surface area contributed by atoms with E-state index in [1.54, 1.807) is 30.3 Å². The third-order valence-corrected chi connectivity index (χ3v) is 6.01. The lowest BCUT2D eigenvalue weighted by Gasteiger charge is -2.19. The maximum atomic E-state index is 12.3. The number of ether oxygens (including phenoxy) is 1. The number of aliphatic hydroxyl groups is 2. The molecule has 0 saturated carbocycles. The number of amides is 2. The molecule has 3 rings (SSSR count). The molecule has 0 aliphatic heterocycles. The minimum absolute atomic E-state index is 0.109. The van der Waals surface area contributed by atoms with E-state index in [1.807, 2.05) is 42.5 Å². The molecule has 0 unspecified atom stereocenters.